The lowest BCUT2D eigenvalue weighted by Crippen LogP contribution is -2.00. The average Bonchev–Trinajstić information content (AvgIpc) is 3.22. The van der Waals surface area contributed by atoms with Gasteiger partial charge in [0.2, 0.25) is 0 Å². The Morgan fingerprint density at radius 2 is 1.96 bits per heavy atom. The summed E-state index contributed by atoms with van der Waals surface area (Å²) in [6.45, 7) is 0. The zero-order chi connectivity index (χ0) is 17.2. The van der Waals surface area contributed by atoms with Crippen molar-refractivity contribution < 1.29 is 9.90 Å². The molecule has 0 bridgehead atoms. The van der Waals surface area contributed by atoms with Crippen LogP contribution in [0.25, 0.3) is 16.8 Å². The Kier molecular flexibility index (Phi) is 4.10. The van der Waals surface area contributed by atoms with Gasteiger partial charge in [-0.05, 0) is 60.1 Å². The highest BCUT2D eigenvalue weighted by Gasteiger charge is 2.42. The fourth-order valence-electron chi connectivity index (χ4n) is 3.33. The lowest BCUT2D eigenvalue weighted by atomic mass is 10.0. The van der Waals surface area contributed by atoms with Crippen LogP contribution in [0.5, 0.6) is 0 Å². The van der Waals surface area contributed by atoms with Gasteiger partial charge in [0.15, 0.2) is 0 Å². The molecule has 4 nitrogen and oxygen atoms in total. The maximum atomic E-state index is 10.9. The molecule has 0 aliphatic heterocycles. The summed E-state index contributed by atoms with van der Waals surface area (Å²) in [5.41, 5.74) is 4.64. The molecule has 0 radical (unpaired) electrons. The number of rotatable bonds is 6. The first-order valence-electron chi connectivity index (χ1n) is 8.63. The second kappa shape index (κ2) is 6.55. The number of carbonyl (C=O) groups is 1. The molecule has 25 heavy (non-hydrogen) atoms. The molecule has 3 aromatic rings. The third-order valence-electron chi connectivity index (χ3n) is 4.95. The minimum Gasteiger partial charge on any atom is -0.481 e. The van der Waals surface area contributed by atoms with Crippen LogP contribution in [0.15, 0.2) is 67.0 Å². The lowest BCUT2D eigenvalue weighted by molar-refractivity contribution is -0.138. The number of aryl methyl sites for hydroxylation is 1. The second-order valence-electron chi connectivity index (χ2n) is 6.68. The Morgan fingerprint density at radius 1 is 1.12 bits per heavy atom. The third-order valence-corrected chi connectivity index (χ3v) is 4.95. The molecule has 126 valence electrons. The molecule has 4 rings (SSSR count). The highest BCUT2D eigenvalue weighted by Crippen LogP contribution is 2.42. The van der Waals surface area contributed by atoms with Crippen LogP contribution in [0.3, 0.4) is 0 Å². The lowest BCUT2D eigenvalue weighted by Gasteiger charge is -2.07. The van der Waals surface area contributed by atoms with Gasteiger partial charge >= 0.3 is 5.97 Å². The van der Waals surface area contributed by atoms with Crippen molar-refractivity contribution in [2.45, 2.75) is 19.3 Å². The van der Waals surface area contributed by atoms with Gasteiger partial charge in [-0.3, -0.25) is 4.79 Å². The zero-order valence-electron chi connectivity index (χ0n) is 13.9. The molecule has 0 unspecified atom stereocenters. The topological polar surface area (TPSA) is 55.1 Å². The van der Waals surface area contributed by atoms with Gasteiger partial charge < -0.3 is 5.11 Å². The van der Waals surface area contributed by atoms with Crippen LogP contribution in [-0.2, 0) is 11.2 Å². The number of hydrogen-bond donors (Lipinski definition) is 1. The quantitative estimate of drug-likeness (QED) is 0.736. The third kappa shape index (κ3) is 3.48. The van der Waals surface area contributed by atoms with Crippen molar-refractivity contribution >= 4 is 5.97 Å². The van der Waals surface area contributed by atoms with Crippen LogP contribution in [-0.4, -0.2) is 20.9 Å². The maximum Gasteiger partial charge on any atom is 0.306 e. The summed E-state index contributed by atoms with van der Waals surface area (Å²) in [5.74, 6) is -0.385. The largest absolute Gasteiger partial charge is 0.481 e. The molecule has 1 N–H and O–H groups in total. The highest BCUT2D eigenvalue weighted by molar-refractivity contribution is 5.73. The first-order chi connectivity index (χ1) is 12.2. The minimum absolute atomic E-state index is 0.107. The summed E-state index contributed by atoms with van der Waals surface area (Å²) >= 11 is 0. The van der Waals surface area contributed by atoms with E-state index < -0.39 is 5.97 Å². The molecule has 1 aromatic heterocycles. The van der Waals surface area contributed by atoms with E-state index in [0.717, 1.165) is 30.5 Å². The Hall–Kier alpha value is -2.88. The summed E-state index contributed by atoms with van der Waals surface area (Å²) in [7, 11) is 0. The van der Waals surface area contributed by atoms with E-state index in [2.05, 4.69) is 41.5 Å². The smallest absolute Gasteiger partial charge is 0.306 e. The normalized spacial score (nSPS) is 18.9. The zero-order valence-corrected chi connectivity index (χ0v) is 13.9. The van der Waals surface area contributed by atoms with Crippen molar-refractivity contribution in [3.63, 3.8) is 0 Å². The van der Waals surface area contributed by atoms with E-state index in [9.17, 15) is 4.79 Å². The number of aromatic nitrogens is 2. The second-order valence-corrected chi connectivity index (χ2v) is 6.68. The van der Waals surface area contributed by atoms with Gasteiger partial charge in [-0.2, -0.15) is 5.10 Å². The molecule has 1 saturated carbocycles. The van der Waals surface area contributed by atoms with Crippen molar-refractivity contribution in [2.24, 2.45) is 11.8 Å². The Labute approximate surface area is 146 Å². The maximum absolute atomic E-state index is 10.9. The van der Waals surface area contributed by atoms with Crippen LogP contribution in [0.1, 0.15) is 18.4 Å². The number of hydrogen-bond acceptors (Lipinski definition) is 2. The Balaban J connectivity index is 1.44. The molecular formula is C21H20N2O2. The first kappa shape index (κ1) is 15.6. The van der Waals surface area contributed by atoms with Crippen molar-refractivity contribution in [1.29, 1.82) is 0 Å². The fourth-order valence-corrected chi connectivity index (χ4v) is 3.33. The number of benzene rings is 2. The molecular weight excluding hydrogens is 312 g/mol. The van der Waals surface area contributed by atoms with Gasteiger partial charge in [0, 0.05) is 12.4 Å². The molecule has 1 aliphatic rings. The van der Waals surface area contributed by atoms with Gasteiger partial charge in [0.1, 0.15) is 0 Å². The van der Waals surface area contributed by atoms with Crippen molar-refractivity contribution in [2.75, 3.05) is 0 Å². The molecule has 0 amide bonds. The van der Waals surface area contributed by atoms with Crippen LogP contribution in [0, 0.1) is 11.8 Å². The van der Waals surface area contributed by atoms with Gasteiger partial charge in [-0.15, -0.1) is 0 Å². The van der Waals surface area contributed by atoms with Crippen LogP contribution < -0.4 is 0 Å². The summed E-state index contributed by atoms with van der Waals surface area (Å²) in [4.78, 5) is 10.9. The molecule has 1 heterocycles. The van der Waals surface area contributed by atoms with Gasteiger partial charge in [0.05, 0.1) is 11.6 Å². The van der Waals surface area contributed by atoms with Crippen molar-refractivity contribution in [3.8, 4) is 16.8 Å². The highest BCUT2D eigenvalue weighted by atomic mass is 16.4. The predicted octanol–water partition coefficient (Wildman–Crippen LogP) is 4.19. The summed E-state index contributed by atoms with van der Waals surface area (Å²) in [6, 6.07) is 18.8. The molecule has 2 atom stereocenters. The molecule has 2 aromatic carbocycles. The van der Waals surface area contributed by atoms with Crippen LogP contribution in [0.4, 0.5) is 0 Å². The van der Waals surface area contributed by atoms with E-state index >= 15 is 0 Å². The van der Waals surface area contributed by atoms with E-state index in [0.29, 0.717) is 5.92 Å². The Bertz CT molecular complexity index is 869. The predicted molar refractivity (Wildman–Crippen MR) is 96.6 cm³/mol. The molecule has 0 saturated heterocycles. The van der Waals surface area contributed by atoms with E-state index in [1.54, 1.807) is 6.20 Å². The number of carboxylic acid groups (broad SMARTS) is 1. The fraction of sp³-hybridized carbons (Fsp3) is 0.238. The van der Waals surface area contributed by atoms with Gasteiger partial charge in [-0.25, -0.2) is 4.68 Å². The average molecular weight is 332 g/mol. The van der Waals surface area contributed by atoms with Crippen LogP contribution >= 0.6 is 0 Å². The summed E-state index contributed by atoms with van der Waals surface area (Å²) in [6.07, 6.45) is 6.46. The molecule has 1 fully saturated rings. The minimum atomic E-state index is -0.641. The summed E-state index contributed by atoms with van der Waals surface area (Å²) < 4.78 is 1.85. The van der Waals surface area contributed by atoms with Gasteiger partial charge in [-0.1, -0.05) is 36.4 Å². The standard InChI is InChI=1S/C21H20N2O2/c24-21(25)20-14-18(20)10-7-15-5-8-16(9-6-15)17-3-1-4-19(13-17)23-12-2-11-22-23/h1-6,8-9,11-13,18,20H,7,10,14H2,(H,24,25)/t18-,20-/m1/s1. The monoisotopic (exact) mass is 332 g/mol. The van der Waals surface area contributed by atoms with E-state index in [1.807, 2.05) is 29.1 Å². The van der Waals surface area contributed by atoms with E-state index in [-0.39, 0.29) is 5.92 Å². The van der Waals surface area contributed by atoms with Crippen molar-refractivity contribution in [1.82, 2.24) is 9.78 Å². The molecule has 1 aliphatic carbocycles. The molecule has 4 heteroatoms. The van der Waals surface area contributed by atoms with Gasteiger partial charge in [0.25, 0.3) is 0 Å². The van der Waals surface area contributed by atoms with E-state index in [4.69, 9.17) is 5.11 Å². The Morgan fingerprint density at radius 3 is 2.64 bits per heavy atom. The number of nitrogens with zero attached hydrogens (tertiary/aromatic N) is 2. The van der Waals surface area contributed by atoms with E-state index in [1.165, 1.54) is 11.1 Å². The summed E-state index contributed by atoms with van der Waals surface area (Å²) in [5, 5.41) is 13.2. The van der Waals surface area contributed by atoms with Crippen LogP contribution in [0.2, 0.25) is 0 Å². The van der Waals surface area contributed by atoms with Crippen molar-refractivity contribution in [3.05, 3.63) is 72.6 Å². The SMILES string of the molecule is O=C(O)[C@@H]1C[C@H]1CCc1ccc(-c2cccc(-n3cccn3)c2)cc1. The molecule has 0 spiro atoms. The number of aliphatic carboxylic acids is 1. The first-order valence-corrected chi connectivity index (χ1v) is 8.63. The number of carboxylic acids is 1.